The van der Waals surface area contributed by atoms with E-state index in [1.165, 1.54) is 28.1 Å². The molecule has 0 bridgehead atoms. The van der Waals surface area contributed by atoms with E-state index >= 15 is 0 Å². The van der Waals surface area contributed by atoms with Crippen molar-refractivity contribution in [3.05, 3.63) is 70.3 Å². The molecule has 1 aliphatic rings. The molecule has 0 aliphatic carbocycles. The monoisotopic (exact) mass is 480 g/mol. The largest absolute Gasteiger partial charge is 0.417 e. The lowest BCUT2D eigenvalue weighted by atomic mass is 10.2. The molecule has 1 aliphatic heterocycles. The second-order valence-corrected chi connectivity index (χ2v) is 10.2. The maximum atomic E-state index is 13.2. The highest BCUT2D eigenvalue weighted by Gasteiger charge is 2.29. The normalized spacial score (nSPS) is 15.1. The average molecular weight is 481 g/mol. The van der Waals surface area contributed by atoms with Crippen LogP contribution >= 0.6 is 0 Å². The number of fused-ring (bicyclic) bond motifs is 1. The Hall–Kier alpha value is -3.70. The van der Waals surface area contributed by atoms with Gasteiger partial charge in [0, 0.05) is 43.6 Å². The first-order chi connectivity index (χ1) is 16.3. The summed E-state index contributed by atoms with van der Waals surface area (Å²) in [5, 5.41) is 3.23. The summed E-state index contributed by atoms with van der Waals surface area (Å²) >= 11 is 0. The van der Waals surface area contributed by atoms with Crippen molar-refractivity contribution in [2.24, 2.45) is 0 Å². The average Bonchev–Trinajstić information content (AvgIpc) is 3.19. The Labute approximate surface area is 196 Å². The van der Waals surface area contributed by atoms with Gasteiger partial charge in [0.25, 0.3) is 0 Å². The molecule has 2 aromatic carbocycles. The van der Waals surface area contributed by atoms with Crippen LogP contribution in [0.5, 0.6) is 0 Å². The van der Waals surface area contributed by atoms with E-state index < -0.39 is 15.8 Å². The minimum Gasteiger partial charge on any atom is -0.408 e. The lowest BCUT2D eigenvalue weighted by molar-refractivity contribution is 0.384. The molecule has 0 unspecified atom stereocenters. The number of aromatic amines is 1. The zero-order valence-electron chi connectivity index (χ0n) is 18.8. The molecule has 5 rings (SSSR count). The van der Waals surface area contributed by atoms with E-state index in [9.17, 15) is 13.2 Å². The molecule has 0 radical (unpaired) electrons. The van der Waals surface area contributed by atoms with Crippen LogP contribution in [0, 0.1) is 13.8 Å². The number of rotatable bonds is 5. The summed E-state index contributed by atoms with van der Waals surface area (Å²) in [6, 6.07) is 14.2. The van der Waals surface area contributed by atoms with Crippen LogP contribution in [0.4, 0.5) is 17.5 Å². The summed E-state index contributed by atoms with van der Waals surface area (Å²) in [6.45, 7) is 5.54. The molecule has 1 fully saturated rings. The summed E-state index contributed by atoms with van der Waals surface area (Å²) in [7, 11) is -3.71. The molecule has 34 heavy (non-hydrogen) atoms. The molecule has 4 aromatic rings. The number of nitrogens with one attached hydrogen (secondary N) is 2. The standard InChI is InChI=1S/C23H24N6O4S/c1-15-3-5-17(6-4-15)25-22-24-16(2)13-21(27-22)28-9-11-29(12-10-28)34(31,32)18-7-8-20-19(14-18)26-23(30)33-20/h3-8,13-14H,9-12H2,1-2H3,(H,26,30)(H,24,25,27). The molecule has 11 heteroatoms. The smallest absolute Gasteiger partial charge is 0.408 e. The third-order valence-corrected chi connectivity index (χ3v) is 7.63. The third-order valence-electron chi connectivity index (χ3n) is 5.74. The van der Waals surface area contributed by atoms with Gasteiger partial charge in [0.1, 0.15) is 5.82 Å². The van der Waals surface area contributed by atoms with Gasteiger partial charge in [-0.05, 0) is 44.2 Å². The molecular formula is C23H24N6O4S. The van der Waals surface area contributed by atoms with Crippen LogP contribution in [0.25, 0.3) is 11.1 Å². The Bertz CT molecular complexity index is 1500. The van der Waals surface area contributed by atoms with Crippen LogP contribution in [0.15, 0.2) is 62.6 Å². The number of hydrogen-bond acceptors (Lipinski definition) is 8. The summed E-state index contributed by atoms with van der Waals surface area (Å²) in [6.07, 6.45) is 0. The van der Waals surface area contributed by atoms with E-state index in [-0.39, 0.29) is 4.90 Å². The summed E-state index contributed by atoms with van der Waals surface area (Å²) in [5.41, 5.74) is 3.56. The zero-order chi connectivity index (χ0) is 23.9. The number of aryl methyl sites for hydroxylation is 2. The molecule has 0 saturated carbocycles. The number of piperazine rings is 1. The van der Waals surface area contributed by atoms with Crippen LogP contribution in [-0.2, 0) is 10.0 Å². The number of hydrogen-bond donors (Lipinski definition) is 2. The first kappa shape index (κ1) is 22.1. The van der Waals surface area contributed by atoms with Crippen LogP contribution in [0.3, 0.4) is 0 Å². The minimum atomic E-state index is -3.71. The highest BCUT2D eigenvalue weighted by atomic mass is 32.2. The first-order valence-electron chi connectivity index (χ1n) is 10.9. The van der Waals surface area contributed by atoms with Gasteiger partial charge >= 0.3 is 5.76 Å². The highest BCUT2D eigenvalue weighted by Crippen LogP contribution is 2.24. The lowest BCUT2D eigenvalue weighted by Gasteiger charge is -2.34. The molecule has 0 spiro atoms. The zero-order valence-corrected chi connectivity index (χ0v) is 19.6. The van der Waals surface area contributed by atoms with E-state index in [2.05, 4.69) is 25.2 Å². The predicted octanol–water partition coefficient (Wildman–Crippen LogP) is 2.78. The van der Waals surface area contributed by atoms with E-state index in [1.54, 1.807) is 0 Å². The molecule has 2 aromatic heterocycles. The van der Waals surface area contributed by atoms with Gasteiger partial charge in [0.05, 0.1) is 10.4 Å². The second-order valence-electron chi connectivity index (χ2n) is 8.25. The van der Waals surface area contributed by atoms with Crippen molar-refractivity contribution in [2.45, 2.75) is 18.7 Å². The number of H-pyrrole nitrogens is 1. The highest BCUT2D eigenvalue weighted by molar-refractivity contribution is 7.89. The van der Waals surface area contributed by atoms with Crippen LogP contribution in [0.2, 0.25) is 0 Å². The predicted molar refractivity (Wildman–Crippen MR) is 129 cm³/mol. The Morgan fingerprint density at radius 2 is 1.71 bits per heavy atom. The van der Waals surface area contributed by atoms with Gasteiger partial charge in [-0.1, -0.05) is 17.7 Å². The number of benzene rings is 2. The molecule has 1 saturated heterocycles. The number of sulfonamides is 1. The fourth-order valence-electron chi connectivity index (χ4n) is 3.93. The molecular weight excluding hydrogens is 456 g/mol. The first-order valence-corrected chi connectivity index (χ1v) is 12.3. The van der Waals surface area contributed by atoms with Gasteiger partial charge in [-0.25, -0.2) is 18.2 Å². The van der Waals surface area contributed by atoms with Gasteiger partial charge in [-0.2, -0.15) is 9.29 Å². The van der Waals surface area contributed by atoms with Crippen molar-refractivity contribution in [3.8, 4) is 0 Å². The molecule has 3 heterocycles. The molecule has 0 atom stereocenters. The fraction of sp³-hybridized carbons (Fsp3) is 0.261. The summed E-state index contributed by atoms with van der Waals surface area (Å²) in [5.74, 6) is 0.627. The van der Waals surface area contributed by atoms with Gasteiger partial charge < -0.3 is 14.6 Å². The van der Waals surface area contributed by atoms with Crippen LogP contribution in [0.1, 0.15) is 11.3 Å². The fourth-order valence-corrected chi connectivity index (χ4v) is 5.38. The number of aromatic nitrogens is 3. The maximum absolute atomic E-state index is 13.2. The SMILES string of the molecule is Cc1ccc(Nc2nc(C)cc(N3CCN(S(=O)(=O)c4ccc5oc(=O)[nH]c5c4)CC3)n2)cc1. The Morgan fingerprint density at radius 3 is 2.44 bits per heavy atom. The number of oxazole rings is 1. The quantitative estimate of drug-likeness (QED) is 0.447. The van der Waals surface area contributed by atoms with Gasteiger partial charge in [0.2, 0.25) is 16.0 Å². The maximum Gasteiger partial charge on any atom is 0.417 e. The lowest BCUT2D eigenvalue weighted by Crippen LogP contribution is -2.49. The number of anilines is 3. The van der Waals surface area contributed by atoms with E-state index in [0.29, 0.717) is 43.2 Å². The van der Waals surface area contributed by atoms with E-state index in [1.807, 2.05) is 44.2 Å². The summed E-state index contributed by atoms with van der Waals surface area (Å²) in [4.78, 5) is 25.2. The van der Waals surface area contributed by atoms with Gasteiger partial charge in [0.15, 0.2) is 5.58 Å². The van der Waals surface area contributed by atoms with Crippen molar-refractivity contribution < 1.29 is 12.8 Å². The van der Waals surface area contributed by atoms with Gasteiger partial charge in [-0.15, -0.1) is 0 Å². The Balaban J connectivity index is 1.31. The second kappa shape index (κ2) is 8.58. The van der Waals surface area contributed by atoms with E-state index in [4.69, 9.17) is 4.42 Å². The summed E-state index contributed by atoms with van der Waals surface area (Å²) < 4.78 is 32.7. The van der Waals surface area contributed by atoms with Gasteiger partial charge in [-0.3, -0.25) is 4.98 Å². The number of nitrogens with zero attached hydrogens (tertiary/aromatic N) is 4. The van der Waals surface area contributed by atoms with Crippen molar-refractivity contribution >= 4 is 38.6 Å². The van der Waals surface area contributed by atoms with Crippen molar-refractivity contribution in [3.63, 3.8) is 0 Å². The Morgan fingerprint density at radius 1 is 0.971 bits per heavy atom. The van der Waals surface area contributed by atoms with Crippen molar-refractivity contribution in [2.75, 3.05) is 36.4 Å². The Kier molecular flexibility index (Phi) is 5.58. The van der Waals surface area contributed by atoms with E-state index in [0.717, 1.165) is 17.2 Å². The van der Waals surface area contributed by atoms with Crippen molar-refractivity contribution in [1.82, 2.24) is 19.3 Å². The molecule has 176 valence electrons. The molecule has 2 N–H and O–H groups in total. The van der Waals surface area contributed by atoms with Crippen LogP contribution < -0.4 is 16.0 Å². The molecule has 10 nitrogen and oxygen atoms in total. The van der Waals surface area contributed by atoms with Crippen molar-refractivity contribution in [1.29, 1.82) is 0 Å². The third kappa shape index (κ3) is 4.39. The topological polar surface area (TPSA) is 124 Å². The minimum absolute atomic E-state index is 0.118. The molecule has 0 amide bonds. The van der Waals surface area contributed by atoms with Crippen LogP contribution in [-0.4, -0.2) is 53.9 Å².